The molecule has 14 rings (SSSR count). The van der Waals surface area contributed by atoms with Crippen molar-refractivity contribution in [1.29, 1.82) is 0 Å². The lowest BCUT2D eigenvalue weighted by Gasteiger charge is -2.57. The smallest absolute Gasteiger partial charge is 0.0468 e. The maximum Gasteiger partial charge on any atom is 0.0468 e. The van der Waals surface area contributed by atoms with Crippen molar-refractivity contribution in [1.82, 2.24) is 0 Å². The minimum atomic E-state index is -0.0609. The Kier molecular flexibility index (Phi) is 8.34. The number of anilines is 3. The van der Waals surface area contributed by atoms with Gasteiger partial charge in [0.1, 0.15) is 0 Å². The standard InChI is InChI=1S/C63H55N/c1-39-13-25-52-53-26-14-40(2)30-57(53)54-27-23-48(34-58(54)51-10-6-5-9-50(51)56(52)29-39)64(49-24-28-61-59(35-49)55-11-7-8-12-60(55)62(61,3)4)47-21-17-45(18-22-47)44-15-19-46(20-16-44)63-36-41-31-42(37-63)33-43(32-41)38-63/h5-30,34-35,41-43H,31-33,36-38H2,1-4H3. The third kappa shape index (κ3) is 5.82. The fourth-order valence-electron chi connectivity index (χ4n) is 13.9. The summed E-state index contributed by atoms with van der Waals surface area (Å²) in [7, 11) is 0. The van der Waals surface area contributed by atoms with Gasteiger partial charge in [-0.25, -0.2) is 0 Å². The Labute approximate surface area is 379 Å². The highest BCUT2D eigenvalue weighted by atomic mass is 15.1. The van der Waals surface area contributed by atoms with Gasteiger partial charge >= 0.3 is 0 Å². The Hall–Kier alpha value is -6.44. The van der Waals surface area contributed by atoms with E-state index >= 15 is 0 Å². The van der Waals surface area contributed by atoms with Gasteiger partial charge in [0.15, 0.2) is 0 Å². The summed E-state index contributed by atoms with van der Waals surface area (Å²) in [5.74, 6) is 2.86. The van der Waals surface area contributed by atoms with Crippen LogP contribution in [0.3, 0.4) is 0 Å². The molecule has 0 atom stereocenters. The summed E-state index contributed by atoms with van der Waals surface area (Å²) in [5, 5.41) is 0. The zero-order chi connectivity index (χ0) is 42.9. The molecule has 0 aliphatic heterocycles. The molecule has 312 valence electrons. The minimum Gasteiger partial charge on any atom is -0.310 e. The first-order chi connectivity index (χ1) is 31.2. The number of aryl methyl sites for hydroxylation is 2. The van der Waals surface area contributed by atoms with E-state index in [-0.39, 0.29) is 5.41 Å². The third-order valence-corrected chi connectivity index (χ3v) is 16.5. The maximum atomic E-state index is 2.49. The van der Waals surface area contributed by atoms with Crippen LogP contribution in [0.5, 0.6) is 0 Å². The number of benzene rings is 8. The molecule has 0 amide bonds. The van der Waals surface area contributed by atoms with Gasteiger partial charge in [-0.3, -0.25) is 0 Å². The van der Waals surface area contributed by atoms with Crippen molar-refractivity contribution in [2.45, 2.75) is 77.0 Å². The summed E-state index contributed by atoms with van der Waals surface area (Å²) in [4.78, 5) is 2.49. The lowest BCUT2D eigenvalue weighted by molar-refractivity contribution is -0.00518. The van der Waals surface area contributed by atoms with Crippen LogP contribution in [0.1, 0.15) is 80.2 Å². The SMILES string of the molecule is Cc1ccc2c(c1)-c1ccccc1-c1cc(N(c3ccc(-c4ccc(C56CC7CC(CC(C7)C5)C6)cc4)cc3)c3ccc4c(c3)-c3ccccc3C4(C)C)ccc1-c1cc(C)ccc1-2. The van der Waals surface area contributed by atoms with Crippen molar-refractivity contribution in [2.24, 2.45) is 17.8 Å². The van der Waals surface area contributed by atoms with E-state index in [9.17, 15) is 0 Å². The largest absolute Gasteiger partial charge is 0.310 e. The first kappa shape index (κ1) is 38.1. The van der Waals surface area contributed by atoms with E-state index in [1.54, 1.807) is 5.56 Å². The second-order valence-corrected chi connectivity index (χ2v) is 20.9. The van der Waals surface area contributed by atoms with E-state index in [1.165, 1.54) is 128 Å². The molecule has 64 heavy (non-hydrogen) atoms. The van der Waals surface area contributed by atoms with E-state index in [4.69, 9.17) is 0 Å². The average molecular weight is 826 g/mol. The van der Waals surface area contributed by atoms with Gasteiger partial charge in [0.2, 0.25) is 0 Å². The molecule has 1 heteroatoms. The number of fused-ring (bicyclic) bond motifs is 11. The molecule has 0 radical (unpaired) electrons. The number of hydrogen-bond donors (Lipinski definition) is 0. The molecule has 0 heterocycles. The number of rotatable bonds is 5. The summed E-state index contributed by atoms with van der Waals surface area (Å²) in [6, 6.07) is 65.5. The summed E-state index contributed by atoms with van der Waals surface area (Å²) in [5.41, 5.74) is 26.1. The molecule has 6 aliphatic carbocycles. The quantitative estimate of drug-likeness (QED) is 0.167. The Balaban J connectivity index is 0.954. The Bertz CT molecular complexity index is 3140. The van der Waals surface area contributed by atoms with Gasteiger partial charge in [-0.05, 0) is 195 Å². The third-order valence-electron chi connectivity index (χ3n) is 16.5. The molecule has 0 N–H and O–H groups in total. The second kappa shape index (κ2) is 14.0. The van der Waals surface area contributed by atoms with Crippen molar-refractivity contribution in [3.05, 3.63) is 198 Å². The molecular weight excluding hydrogens is 771 g/mol. The Morgan fingerprint density at radius 3 is 1.39 bits per heavy atom. The van der Waals surface area contributed by atoms with Crippen LogP contribution in [0.25, 0.3) is 66.8 Å². The fourth-order valence-corrected chi connectivity index (χ4v) is 13.9. The van der Waals surface area contributed by atoms with E-state index in [0.717, 1.165) is 34.8 Å². The Morgan fingerprint density at radius 1 is 0.375 bits per heavy atom. The zero-order valence-electron chi connectivity index (χ0n) is 37.6. The van der Waals surface area contributed by atoms with Gasteiger partial charge < -0.3 is 4.90 Å². The predicted octanol–water partition coefficient (Wildman–Crippen LogP) is 17.2. The first-order valence-corrected chi connectivity index (χ1v) is 23.9. The molecule has 0 aromatic heterocycles. The molecule has 4 fully saturated rings. The first-order valence-electron chi connectivity index (χ1n) is 23.9. The van der Waals surface area contributed by atoms with E-state index in [1.807, 2.05) is 0 Å². The van der Waals surface area contributed by atoms with E-state index in [2.05, 4.69) is 202 Å². The van der Waals surface area contributed by atoms with Crippen molar-refractivity contribution in [3.8, 4) is 66.8 Å². The summed E-state index contributed by atoms with van der Waals surface area (Å²) < 4.78 is 0. The summed E-state index contributed by atoms with van der Waals surface area (Å²) in [6.45, 7) is 9.17. The molecule has 1 nitrogen and oxygen atoms in total. The van der Waals surface area contributed by atoms with Crippen LogP contribution >= 0.6 is 0 Å². The van der Waals surface area contributed by atoms with Gasteiger partial charge in [0.25, 0.3) is 0 Å². The normalized spacial score (nSPS) is 21.4. The number of nitrogens with zero attached hydrogens (tertiary/aromatic N) is 1. The van der Waals surface area contributed by atoms with Crippen LogP contribution in [-0.4, -0.2) is 0 Å². The van der Waals surface area contributed by atoms with Crippen molar-refractivity contribution in [2.75, 3.05) is 4.90 Å². The molecule has 6 aliphatic rings. The van der Waals surface area contributed by atoms with Crippen LogP contribution in [0, 0.1) is 31.6 Å². The molecule has 4 bridgehead atoms. The summed E-state index contributed by atoms with van der Waals surface area (Å²) >= 11 is 0. The van der Waals surface area contributed by atoms with Crippen molar-refractivity contribution >= 4 is 17.1 Å². The lowest BCUT2D eigenvalue weighted by atomic mass is 9.48. The van der Waals surface area contributed by atoms with Crippen LogP contribution in [-0.2, 0) is 10.8 Å². The van der Waals surface area contributed by atoms with Gasteiger partial charge in [0, 0.05) is 22.5 Å². The van der Waals surface area contributed by atoms with Crippen LogP contribution in [0.15, 0.2) is 170 Å². The summed E-state index contributed by atoms with van der Waals surface area (Å²) in [6.07, 6.45) is 8.67. The average Bonchev–Trinajstić information content (AvgIpc) is 3.54. The topological polar surface area (TPSA) is 3.24 Å². The molecule has 4 saturated carbocycles. The molecule has 8 aromatic rings. The monoisotopic (exact) mass is 825 g/mol. The highest BCUT2D eigenvalue weighted by Crippen LogP contribution is 2.61. The van der Waals surface area contributed by atoms with Gasteiger partial charge in [-0.2, -0.15) is 0 Å². The number of hydrogen-bond acceptors (Lipinski definition) is 1. The van der Waals surface area contributed by atoms with E-state index < -0.39 is 0 Å². The zero-order valence-corrected chi connectivity index (χ0v) is 37.6. The van der Waals surface area contributed by atoms with Gasteiger partial charge in [-0.15, -0.1) is 0 Å². The fraction of sp³-hybridized carbons (Fsp3) is 0.238. The molecule has 0 unspecified atom stereocenters. The highest BCUT2D eigenvalue weighted by Gasteiger charge is 2.51. The van der Waals surface area contributed by atoms with Crippen molar-refractivity contribution < 1.29 is 0 Å². The minimum absolute atomic E-state index is 0.0609. The molecule has 0 spiro atoms. The molecule has 0 saturated heterocycles. The molecular formula is C63H55N. The van der Waals surface area contributed by atoms with Crippen LogP contribution in [0.2, 0.25) is 0 Å². The second-order valence-electron chi connectivity index (χ2n) is 20.9. The van der Waals surface area contributed by atoms with E-state index in [0.29, 0.717) is 5.41 Å². The Morgan fingerprint density at radius 2 is 0.797 bits per heavy atom. The predicted molar refractivity (Wildman–Crippen MR) is 269 cm³/mol. The van der Waals surface area contributed by atoms with Gasteiger partial charge in [0.05, 0.1) is 0 Å². The highest BCUT2D eigenvalue weighted by molar-refractivity contribution is 6.04. The lowest BCUT2D eigenvalue weighted by Crippen LogP contribution is -2.48. The van der Waals surface area contributed by atoms with Crippen LogP contribution < -0.4 is 4.90 Å². The maximum absolute atomic E-state index is 2.49. The molecule has 8 aromatic carbocycles. The van der Waals surface area contributed by atoms with Crippen LogP contribution in [0.4, 0.5) is 17.1 Å². The van der Waals surface area contributed by atoms with Crippen molar-refractivity contribution in [3.63, 3.8) is 0 Å². The van der Waals surface area contributed by atoms with Gasteiger partial charge in [-0.1, -0.05) is 158 Å².